The topological polar surface area (TPSA) is 55.8 Å². The van der Waals surface area contributed by atoms with Crippen LogP contribution in [-0.2, 0) is 13.7 Å². The first-order valence-electron chi connectivity index (χ1n) is 7.63. The van der Waals surface area contributed by atoms with E-state index in [0.717, 1.165) is 6.29 Å². The summed E-state index contributed by atoms with van der Waals surface area (Å²) in [7, 11) is -1.29. The number of likely N-dealkylation sites (tertiary alicyclic amines) is 1. The second-order valence-corrected chi connectivity index (χ2v) is 12.0. The average molecular weight is 333 g/mol. The fourth-order valence-electron chi connectivity index (χ4n) is 2.04. The molecule has 0 radical (unpaired) electrons. The second kappa shape index (κ2) is 6.40. The predicted octanol–water partition coefficient (Wildman–Crippen LogP) is 3.36. The number of ether oxygens (including phenoxy) is 1. The SMILES string of the molecule is CC(C)(C)OC(=O)N1CC(OS(C)(C)C(C)(C)C)CC1C=O. The van der Waals surface area contributed by atoms with Crippen molar-refractivity contribution in [2.24, 2.45) is 0 Å². The molecule has 0 spiro atoms. The molecular formula is C16H31NO4S. The Morgan fingerprint density at radius 1 is 1.18 bits per heavy atom. The Labute approximate surface area is 136 Å². The standard InChI is InChI=1S/C16H31NO4S/c1-15(2,3)20-14(19)17-10-13(9-12(17)11-18)21-22(7,8)16(4,5)6/h11-13H,9-10H2,1-8H3. The molecule has 0 aromatic carbocycles. The molecule has 5 nitrogen and oxygen atoms in total. The Morgan fingerprint density at radius 3 is 2.14 bits per heavy atom. The van der Waals surface area contributed by atoms with E-state index < -0.39 is 28.0 Å². The van der Waals surface area contributed by atoms with Crippen molar-refractivity contribution >= 4 is 22.7 Å². The molecule has 0 aromatic rings. The zero-order valence-electron chi connectivity index (χ0n) is 15.1. The third-order valence-electron chi connectivity index (χ3n) is 3.94. The molecule has 130 valence electrons. The summed E-state index contributed by atoms with van der Waals surface area (Å²) < 4.78 is 11.7. The number of nitrogens with zero attached hydrogens (tertiary/aromatic N) is 1. The van der Waals surface area contributed by atoms with E-state index in [-0.39, 0.29) is 10.9 Å². The molecule has 1 saturated heterocycles. The van der Waals surface area contributed by atoms with Gasteiger partial charge in [0.1, 0.15) is 11.9 Å². The van der Waals surface area contributed by atoms with Crippen molar-refractivity contribution in [3.63, 3.8) is 0 Å². The van der Waals surface area contributed by atoms with Gasteiger partial charge >= 0.3 is 6.09 Å². The van der Waals surface area contributed by atoms with Crippen LogP contribution >= 0.6 is 10.3 Å². The van der Waals surface area contributed by atoms with E-state index >= 15 is 0 Å². The first-order valence-corrected chi connectivity index (χ1v) is 10.0. The minimum Gasteiger partial charge on any atom is -0.444 e. The van der Waals surface area contributed by atoms with Crippen LogP contribution in [0.25, 0.3) is 0 Å². The van der Waals surface area contributed by atoms with Gasteiger partial charge in [0.05, 0.1) is 18.7 Å². The van der Waals surface area contributed by atoms with Gasteiger partial charge in [-0.15, -0.1) is 10.3 Å². The highest BCUT2D eigenvalue weighted by Gasteiger charge is 2.41. The number of aldehydes is 1. The molecule has 22 heavy (non-hydrogen) atoms. The van der Waals surface area contributed by atoms with Crippen molar-refractivity contribution < 1.29 is 18.5 Å². The Morgan fingerprint density at radius 2 is 1.73 bits per heavy atom. The lowest BCUT2D eigenvalue weighted by molar-refractivity contribution is -0.111. The minimum atomic E-state index is -1.29. The van der Waals surface area contributed by atoms with Gasteiger partial charge in [-0.25, -0.2) is 4.79 Å². The predicted molar refractivity (Wildman–Crippen MR) is 91.5 cm³/mol. The van der Waals surface area contributed by atoms with E-state index in [0.29, 0.717) is 13.0 Å². The maximum absolute atomic E-state index is 12.2. The molecule has 0 bridgehead atoms. The van der Waals surface area contributed by atoms with Crippen LogP contribution in [0.5, 0.6) is 0 Å². The molecule has 1 aliphatic heterocycles. The van der Waals surface area contributed by atoms with Crippen LogP contribution < -0.4 is 0 Å². The summed E-state index contributed by atoms with van der Waals surface area (Å²) in [6, 6.07) is -0.463. The molecule has 6 heteroatoms. The van der Waals surface area contributed by atoms with Crippen LogP contribution in [0.4, 0.5) is 4.79 Å². The number of carbonyl (C=O) groups excluding carboxylic acids is 2. The minimum absolute atomic E-state index is 0.0447. The highest BCUT2D eigenvalue weighted by atomic mass is 32.3. The van der Waals surface area contributed by atoms with Gasteiger partial charge in [0.2, 0.25) is 0 Å². The molecule has 0 N–H and O–H groups in total. The number of hydrogen-bond acceptors (Lipinski definition) is 4. The zero-order chi connectivity index (χ0) is 17.3. The highest BCUT2D eigenvalue weighted by molar-refractivity contribution is 8.29. The Balaban J connectivity index is 2.77. The third-order valence-corrected chi connectivity index (χ3v) is 7.64. The van der Waals surface area contributed by atoms with Crippen molar-refractivity contribution in [1.82, 2.24) is 4.90 Å². The number of carbonyl (C=O) groups is 2. The van der Waals surface area contributed by atoms with Gasteiger partial charge in [-0.05, 0) is 33.3 Å². The molecule has 0 saturated carbocycles. The van der Waals surface area contributed by atoms with Crippen molar-refractivity contribution in [3.8, 4) is 0 Å². The average Bonchev–Trinajstić information content (AvgIpc) is 2.67. The third kappa shape index (κ3) is 4.88. The van der Waals surface area contributed by atoms with E-state index in [4.69, 9.17) is 8.92 Å². The highest BCUT2D eigenvalue weighted by Crippen LogP contribution is 2.55. The first-order chi connectivity index (χ1) is 9.77. The summed E-state index contributed by atoms with van der Waals surface area (Å²) in [5, 5.41) is 0. The van der Waals surface area contributed by atoms with Crippen LogP contribution in [0.1, 0.15) is 48.0 Å². The fourth-order valence-corrected chi connectivity index (χ4v) is 3.15. The molecule has 1 amide bonds. The maximum atomic E-state index is 12.2. The van der Waals surface area contributed by atoms with E-state index in [1.165, 1.54) is 4.90 Å². The molecule has 2 atom stereocenters. The van der Waals surface area contributed by atoms with Gasteiger partial charge < -0.3 is 13.7 Å². The maximum Gasteiger partial charge on any atom is 0.410 e. The summed E-state index contributed by atoms with van der Waals surface area (Å²) in [6.07, 6.45) is 5.03. The Bertz CT molecular complexity index is 423. The van der Waals surface area contributed by atoms with E-state index in [2.05, 4.69) is 33.3 Å². The molecular weight excluding hydrogens is 302 g/mol. The molecule has 1 aliphatic rings. The van der Waals surface area contributed by atoms with Crippen LogP contribution in [0.3, 0.4) is 0 Å². The van der Waals surface area contributed by atoms with Crippen molar-refractivity contribution in [1.29, 1.82) is 0 Å². The van der Waals surface area contributed by atoms with E-state index in [1.54, 1.807) is 0 Å². The fraction of sp³-hybridized carbons (Fsp3) is 0.875. The van der Waals surface area contributed by atoms with Crippen molar-refractivity contribution in [2.75, 3.05) is 19.1 Å². The van der Waals surface area contributed by atoms with Crippen LogP contribution in [0.2, 0.25) is 0 Å². The summed E-state index contributed by atoms with van der Waals surface area (Å²) in [4.78, 5) is 25.0. The zero-order valence-corrected chi connectivity index (χ0v) is 16.0. The summed E-state index contributed by atoms with van der Waals surface area (Å²) in [5.74, 6) is 0. The smallest absolute Gasteiger partial charge is 0.410 e. The monoisotopic (exact) mass is 333 g/mol. The van der Waals surface area contributed by atoms with E-state index in [9.17, 15) is 9.59 Å². The number of rotatable bonds is 3. The molecule has 0 aromatic heterocycles. The van der Waals surface area contributed by atoms with E-state index in [1.807, 2.05) is 20.8 Å². The van der Waals surface area contributed by atoms with Gasteiger partial charge in [-0.3, -0.25) is 4.90 Å². The summed E-state index contributed by atoms with van der Waals surface area (Å²) in [5.41, 5.74) is -0.570. The van der Waals surface area contributed by atoms with Gasteiger partial charge in [-0.2, -0.15) is 0 Å². The summed E-state index contributed by atoms with van der Waals surface area (Å²) in [6.45, 7) is 12.3. The lowest BCUT2D eigenvalue weighted by atomic mass is 10.2. The van der Waals surface area contributed by atoms with Crippen molar-refractivity contribution in [3.05, 3.63) is 0 Å². The molecule has 1 rings (SSSR count). The molecule has 0 aliphatic carbocycles. The van der Waals surface area contributed by atoms with Crippen LogP contribution in [-0.4, -0.2) is 58.8 Å². The Kier molecular flexibility index (Phi) is 5.61. The van der Waals surface area contributed by atoms with Gasteiger partial charge in [0.15, 0.2) is 0 Å². The molecule has 2 unspecified atom stereocenters. The number of amides is 1. The Hall–Kier alpha value is -0.750. The van der Waals surface area contributed by atoms with Gasteiger partial charge in [0, 0.05) is 11.2 Å². The normalized spacial score (nSPS) is 24.3. The molecule has 1 fully saturated rings. The van der Waals surface area contributed by atoms with Gasteiger partial charge in [-0.1, -0.05) is 20.8 Å². The lowest BCUT2D eigenvalue weighted by Gasteiger charge is -2.45. The van der Waals surface area contributed by atoms with Crippen LogP contribution in [0.15, 0.2) is 0 Å². The van der Waals surface area contributed by atoms with Crippen LogP contribution in [0, 0.1) is 0 Å². The largest absolute Gasteiger partial charge is 0.444 e. The van der Waals surface area contributed by atoms with Crippen molar-refractivity contribution in [2.45, 2.75) is 70.5 Å². The number of hydrogen-bond donors (Lipinski definition) is 0. The molecule has 1 heterocycles. The summed E-state index contributed by atoms with van der Waals surface area (Å²) >= 11 is 0. The quantitative estimate of drug-likeness (QED) is 0.743. The van der Waals surface area contributed by atoms with Gasteiger partial charge in [0.25, 0.3) is 0 Å². The second-order valence-electron chi connectivity index (χ2n) is 8.14. The first kappa shape index (κ1) is 19.3. The lowest BCUT2D eigenvalue weighted by Crippen LogP contribution is -2.41.